The maximum absolute atomic E-state index is 13.2. The van der Waals surface area contributed by atoms with Gasteiger partial charge in [0.2, 0.25) is 0 Å². The Balaban J connectivity index is 1.82. The lowest BCUT2D eigenvalue weighted by atomic mass is 10.1. The second-order valence-electron chi connectivity index (χ2n) is 6.92. The largest absolute Gasteiger partial charge is 0.299 e. The minimum Gasteiger partial charge on any atom is -0.295 e. The lowest BCUT2D eigenvalue weighted by molar-refractivity contribution is -0.384. The highest BCUT2D eigenvalue weighted by Crippen LogP contribution is 2.28. The third-order valence-electron chi connectivity index (χ3n) is 4.77. The monoisotopic (exact) mass is 427 g/mol. The molecule has 158 valence electrons. The summed E-state index contributed by atoms with van der Waals surface area (Å²) in [7, 11) is 0. The summed E-state index contributed by atoms with van der Waals surface area (Å²) < 4.78 is 1.26. The molecule has 0 amide bonds. The van der Waals surface area contributed by atoms with Crippen LogP contribution in [0, 0.1) is 10.1 Å². The standard InChI is InChI=1S/C23H17N5O4/c1-15(29)17-8-5-9-18(14-17)24-25-22-21(16-6-3-2-4-7-16)26-27(23(22)30)19-10-12-20(13-11-19)28(31)32/h2-14,26H,1H3. The van der Waals surface area contributed by atoms with Gasteiger partial charge in [-0.15, -0.1) is 5.11 Å². The van der Waals surface area contributed by atoms with Gasteiger partial charge < -0.3 is 0 Å². The van der Waals surface area contributed by atoms with E-state index in [0.717, 1.165) is 5.56 Å². The van der Waals surface area contributed by atoms with Crippen molar-refractivity contribution in [2.24, 2.45) is 10.2 Å². The van der Waals surface area contributed by atoms with Crippen molar-refractivity contribution >= 4 is 22.8 Å². The molecule has 9 heteroatoms. The maximum Gasteiger partial charge on any atom is 0.299 e. The smallest absolute Gasteiger partial charge is 0.295 e. The third kappa shape index (κ3) is 4.12. The molecule has 0 spiro atoms. The molecule has 0 aliphatic rings. The van der Waals surface area contributed by atoms with Crippen molar-refractivity contribution in [2.75, 3.05) is 0 Å². The summed E-state index contributed by atoms with van der Waals surface area (Å²) in [6.45, 7) is 1.46. The van der Waals surface area contributed by atoms with E-state index in [1.807, 2.05) is 30.3 Å². The van der Waals surface area contributed by atoms with E-state index >= 15 is 0 Å². The van der Waals surface area contributed by atoms with Crippen LogP contribution in [0.1, 0.15) is 17.3 Å². The van der Waals surface area contributed by atoms with Crippen molar-refractivity contribution < 1.29 is 9.72 Å². The first-order chi connectivity index (χ1) is 15.4. The number of hydrogen-bond acceptors (Lipinski definition) is 6. The van der Waals surface area contributed by atoms with Crippen LogP contribution in [-0.4, -0.2) is 20.5 Å². The van der Waals surface area contributed by atoms with Crippen molar-refractivity contribution in [2.45, 2.75) is 6.92 Å². The molecule has 0 fully saturated rings. The number of aromatic nitrogens is 2. The van der Waals surface area contributed by atoms with Gasteiger partial charge >= 0.3 is 0 Å². The van der Waals surface area contributed by atoms with Crippen molar-refractivity contribution in [1.82, 2.24) is 9.78 Å². The van der Waals surface area contributed by atoms with Crippen molar-refractivity contribution in [3.05, 3.63) is 105 Å². The van der Waals surface area contributed by atoms with Crippen LogP contribution in [0.2, 0.25) is 0 Å². The zero-order valence-corrected chi connectivity index (χ0v) is 16.9. The van der Waals surface area contributed by atoms with Crippen LogP contribution in [0.5, 0.6) is 0 Å². The number of aromatic amines is 1. The molecule has 0 saturated heterocycles. The van der Waals surface area contributed by atoms with Crippen molar-refractivity contribution in [3.8, 4) is 16.9 Å². The summed E-state index contributed by atoms with van der Waals surface area (Å²) in [6, 6.07) is 21.4. The summed E-state index contributed by atoms with van der Waals surface area (Å²) in [5, 5.41) is 22.3. The number of ketones is 1. The van der Waals surface area contributed by atoms with E-state index in [1.54, 1.807) is 24.3 Å². The molecule has 0 radical (unpaired) electrons. The highest BCUT2D eigenvalue weighted by atomic mass is 16.6. The highest BCUT2D eigenvalue weighted by molar-refractivity contribution is 5.94. The van der Waals surface area contributed by atoms with Crippen LogP contribution in [0.15, 0.2) is 93.9 Å². The Labute approximate surface area is 181 Å². The fraction of sp³-hybridized carbons (Fsp3) is 0.0435. The SMILES string of the molecule is CC(=O)c1cccc(N=Nc2c(-c3ccccc3)[nH]n(-c3ccc([N+](=O)[O-])cc3)c2=O)c1. The van der Waals surface area contributed by atoms with Gasteiger partial charge in [0, 0.05) is 23.3 Å². The first-order valence-electron chi connectivity index (χ1n) is 9.62. The normalized spacial score (nSPS) is 11.0. The van der Waals surface area contributed by atoms with E-state index in [9.17, 15) is 19.7 Å². The van der Waals surface area contributed by atoms with Crippen LogP contribution >= 0.6 is 0 Å². The summed E-state index contributed by atoms with van der Waals surface area (Å²) in [4.78, 5) is 35.2. The fourth-order valence-corrected chi connectivity index (χ4v) is 3.13. The van der Waals surface area contributed by atoms with E-state index in [0.29, 0.717) is 22.6 Å². The molecule has 0 atom stereocenters. The summed E-state index contributed by atoms with van der Waals surface area (Å²) in [5.41, 5.74) is 2.02. The van der Waals surface area contributed by atoms with E-state index in [2.05, 4.69) is 15.3 Å². The van der Waals surface area contributed by atoms with Crippen LogP contribution in [0.4, 0.5) is 17.1 Å². The van der Waals surface area contributed by atoms with Gasteiger partial charge in [0.05, 0.1) is 22.0 Å². The van der Waals surface area contributed by atoms with Gasteiger partial charge in [0.25, 0.3) is 11.2 Å². The molecule has 0 aliphatic carbocycles. The average molecular weight is 427 g/mol. The molecule has 4 aromatic rings. The first kappa shape index (κ1) is 20.6. The number of hydrogen-bond donors (Lipinski definition) is 1. The Kier molecular flexibility index (Phi) is 5.54. The number of Topliss-reactive ketones (excluding diaryl/α,β-unsaturated/α-hetero) is 1. The second-order valence-corrected chi connectivity index (χ2v) is 6.92. The average Bonchev–Trinajstić information content (AvgIpc) is 3.14. The minimum absolute atomic E-state index is 0.0720. The van der Waals surface area contributed by atoms with Crippen LogP contribution in [0.25, 0.3) is 16.9 Å². The molecule has 32 heavy (non-hydrogen) atoms. The molecule has 9 nitrogen and oxygen atoms in total. The Morgan fingerprint density at radius 1 is 0.969 bits per heavy atom. The number of carbonyl (C=O) groups excluding carboxylic acids is 1. The Bertz CT molecular complexity index is 1390. The molecule has 0 aliphatic heterocycles. The zero-order chi connectivity index (χ0) is 22.7. The van der Waals surface area contributed by atoms with Crippen LogP contribution in [0.3, 0.4) is 0 Å². The second kappa shape index (κ2) is 8.60. The maximum atomic E-state index is 13.2. The summed E-state index contributed by atoms with van der Waals surface area (Å²) in [5.74, 6) is -0.103. The number of H-pyrrole nitrogens is 1. The van der Waals surface area contributed by atoms with Crippen LogP contribution in [-0.2, 0) is 0 Å². The number of benzene rings is 3. The molecule has 3 aromatic carbocycles. The molecular formula is C23H17N5O4. The van der Waals surface area contributed by atoms with Gasteiger partial charge in [-0.25, -0.2) is 4.68 Å². The number of nitro benzene ring substituents is 1. The number of nitro groups is 1. The molecule has 0 bridgehead atoms. The van der Waals surface area contributed by atoms with Gasteiger partial charge in [-0.3, -0.25) is 24.8 Å². The number of azo groups is 1. The summed E-state index contributed by atoms with van der Waals surface area (Å²) >= 11 is 0. The number of nitrogens with zero attached hydrogens (tertiary/aromatic N) is 4. The Morgan fingerprint density at radius 3 is 2.34 bits per heavy atom. The Hall–Kier alpha value is -4.66. The summed E-state index contributed by atoms with van der Waals surface area (Å²) in [6.07, 6.45) is 0. The van der Waals surface area contributed by atoms with E-state index in [-0.39, 0.29) is 17.2 Å². The van der Waals surface area contributed by atoms with E-state index in [1.165, 1.54) is 35.9 Å². The molecule has 0 saturated carbocycles. The molecule has 4 rings (SSSR count). The fourth-order valence-electron chi connectivity index (χ4n) is 3.13. The Morgan fingerprint density at radius 2 is 1.69 bits per heavy atom. The molecule has 0 unspecified atom stereocenters. The molecular weight excluding hydrogens is 410 g/mol. The highest BCUT2D eigenvalue weighted by Gasteiger charge is 2.17. The molecule has 1 aromatic heterocycles. The van der Waals surface area contributed by atoms with Crippen molar-refractivity contribution in [3.63, 3.8) is 0 Å². The number of nitrogens with one attached hydrogen (secondary N) is 1. The quantitative estimate of drug-likeness (QED) is 0.193. The van der Waals surface area contributed by atoms with Gasteiger partial charge in [0.1, 0.15) is 0 Å². The topological polar surface area (TPSA) is 123 Å². The van der Waals surface area contributed by atoms with E-state index in [4.69, 9.17) is 0 Å². The number of non-ortho nitro benzene ring substituents is 1. The molecule has 1 heterocycles. The van der Waals surface area contributed by atoms with Gasteiger partial charge in [-0.2, -0.15) is 5.11 Å². The van der Waals surface area contributed by atoms with E-state index < -0.39 is 10.5 Å². The number of carbonyl (C=O) groups is 1. The zero-order valence-electron chi connectivity index (χ0n) is 16.9. The van der Waals surface area contributed by atoms with Gasteiger partial charge in [-0.05, 0) is 31.2 Å². The lowest BCUT2D eigenvalue weighted by Crippen LogP contribution is -2.13. The number of rotatable bonds is 6. The van der Waals surface area contributed by atoms with Crippen molar-refractivity contribution in [1.29, 1.82) is 0 Å². The first-order valence-corrected chi connectivity index (χ1v) is 9.62. The predicted molar refractivity (Wildman–Crippen MR) is 119 cm³/mol. The molecule has 1 N–H and O–H groups in total. The predicted octanol–water partition coefficient (Wildman–Crippen LogP) is 5.36. The lowest BCUT2D eigenvalue weighted by Gasteiger charge is -2.01. The third-order valence-corrected chi connectivity index (χ3v) is 4.77. The minimum atomic E-state index is -0.508. The van der Waals surface area contributed by atoms with Gasteiger partial charge in [0.15, 0.2) is 11.5 Å². The van der Waals surface area contributed by atoms with Gasteiger partial charge in [-0.1, -0.05) is 42.5 Å². The van der Waals surface area contributed by atoms with Crippen LogP contribution < -0.4 is 5.56 Å².